The molecule has 0 atom stereocenters. The molecule has 0 saturated heterocycles. The zero-order valence-corrected chi connectivity index (χ0v) is 15.2. The van der Waals surface area contributed by atoms with E-state index in [0.717, 1.165) is 38.3 Å². The van der Waals surface area contributed by atoms with Crippen LogP contribution in [-0.4, -0.2) is 26.4 Å². The predicted octanol–water partition coefficient (Wildman–Crippen LogP) is 5.84. The summed E-state index contributed by atoms with van der Waals surface area (Å²) in [6, 6.07) is 0. The molecule has 21 heavy (non-hydrogen) atoms. The van der Waals surface area contributed by atoms with Gasteiger partial charge < -0.3 is 9.47 Å². The second-order valence-electron chi connectivity index (χ2n) is 7.06. The third-order valence-corrected chi connectivity index (χ3v) is 3.72. The first kappa shape index (κ1) is 20.9. The quantitative estimate of drug-likeness (QED) is 0.333. The minimum Gasteiger partial charge on any atom is -0.381 e. The topological polar surface area (TPSA) is 18.5 Å². The van der Waals surface area contributed by atoms with Crippen LogP contribution in [0.15, 0.2) is 0 Å². The van der Waals surface area contributed by atoms with Crippen LogP contribution in [-0.2, 0) is 9.47 Å². The fraction of sp³-hybridized carbons (Fsp3) is 1.00. The standard InChI is InChI=1S/C19H40O2/c1-18(2)12-7-5-8-14-20-15-9-6-10-16-21-17-11-13-19(3)4/h18-19H,5-17H2,1-4H3. The molecule has 0 aromatic rings. The maximum atomic E-state index is 5.67. The van der Waals surface area contributed by atoms with Crippen molar-refractivity contribution in [3.63, 3.8) is 0 Å². The third-order valence-electron chi connectivity index (χ3n) is 3.72. The Hall–Kier alpha value is -0.0800. The number of ether oxygens (including phenoxy) is 2. The molecule has 0 aliphatic heterocycles. The van der Waals surface area contributed by atoms with Crippen molar-refractivity contribution in [3.8, 4) is 0 Å². The Kier molecular flexibility index (Phi) is 16.2. The highest BCUT2D eigenvalue weighted by molar-refractivity contribution is 4.48. The van der Waals surface area contributed by atoms with Gasteiger partial charge in [0.05, 0.1) is 0 Å². The van der Waals surface area contributed by atoms with E-state index < -0.39 is 0 Å². The SMILES string of the molecule is CC(C)CCCCCOCCCCCOCCCC(C)C. The van der Waals surface area contributed by atoms with Crippen LogP contribution in [0.3, 0.4) is 0 Å². The van der Waals surface area contributed by atoms with Gasteiger partial charge in [-0.05, 0) is 50.4 Å². The third kappa shape index (κ3) is 19.9. The van der Waals surface area contributed by atoms with Crippen LogP contribution in [0.2, 0.25) is 0 Å². The first-order valence-electron chi connectivity index (χ1n) is 9.28. The Morgan fingerprint density at radius 3 is 1.33 bits per heavy atom. The first-order valence-corrected chi connectivity index (χ1v) is 9.28. The van der Waals surface area contributed by atoms with Crippen molar-refractivity contribution in [1.82, 2.24) is 0 Å². The zero-order valence-electron chi connectivity index (χ0n) is 15.2. The fourth-order valence-electron chi connectivity index (χ4n) is 2.32. The Balaban J connectivity index is 2.96. The van der Waals surface area contributed by atoms with Crippen LogP contribution >= 0.6 is 0 Å². The first-order chi connectivity index (χ1) is 10.1. The summed E-state index contributed by atoms with van der Waals surface area (Å²) in [5, 5.41) is 0. The number of rotatable bonds is 16. The molecule has 0 heterocycles. The van der Waals surface area contributed by atoms with Gasteiger partial charge in [-0.15, -0.1) is 0 Å². The highest BCUT2D eigenvalue weighted by Crippen LogP contribution is 2.08. The van der Waals surface area contributed by atoms with E-state index in [9.17, 15) is 0 Å². The van der Waals surface area contributed by atoms with Gasteiger partial charge in [0.15, 0.2) is 0 Å². The molecule has 0 saturated carbocycles. The molecule has 128 valence electrons. The molecule has 0 unspecified atom stereocenters. The molecular weight excluding hydrogens is 260 g/mol. The maximum Gasteiger partial charge on any atom is 0.0466 e. The van der Waals surface area contributed by atoms with E-state index in [2.05, 4.69) is 27.7 Å². The molecular formula is C19H40O2. The second-order valence-corrected chi connectivity index (χ2v) is 7.06. The minimum atomic E-state index is 0.802. The smallest absolute Gasteiger partial charge is 0.0466 e. The van der Waals surface area contributed by atoms with E-state index in [1.54, 1.807) is 0 Å². The predicted molar refractivity (Wildman–Crippen MR) is 92.9 cm³/mol. The molecule has 0 spiro atoms. The van der Waals surface area contributed by atoms with E-state index >= 15 is 0 Å². The lowest BCUT2D eigenvalue weighted by Gasteiger charge is -2.07. The summed E-state index contributed by atoms with van der Waals surface area (Å²) in [6.45, 7) is 12.9. The van der Waals surface area contributed by atoms with Crippen molar-refractivity contribution in [3.05, 3.63) is 0 Å². The van der Waals surface area contributed by atoms with Gasteiger partial charge in [-0.1, -0.05) is 47.0 Å². The lowest BCUT2D eigenvalue weighted by molar-refractivity contribution is 0.110. The monoisotopic (exact) mass is 300 g/mol. The van der Waals surface area contributed by atoms with E-state index in [4.69, 9.17) is 9.47 Å². The van der Waals surface area contributed by atoms with Crippen molar-refractivity contribution in [2.75, 3.05) is 26.4 Å². The van der Waals surface area contributed by atoms with Gasteiger partial charge >= 0.3 is 0 Å². The van der Waals surface area contributed by atoms with Gasteiger partial charge in [-0.25, -0.2) is 0 Å². The van der Waals surface area contributed by atoms with Crippen molar-refractivity contribution in [1.29, 1.82) is 0 Å². The van der Waals surface area contributed by atoms with Gasteiger partial charge in [0.1, 0.15) is 0 Å². The number of unbranched alkanes of at least 4 members (excludes halogenated alkanes) is 4. The Morgan fingerprint density at radius 2 is 0.857 bits per heavy atom. The molecule has 0 rings (SSSR count). The van der Waals surface area contributed by atoms with Crippen molar-refractivity contribution in [2.45, 2.75) is 85.5 Å². The maximum absolute atomic E-state index is 5.67. The van der Waals surface area contributed by atoms with Gasteiger partial charge in [0.2, 0.25) is 0 Å². The Labute approximate surface area is 134 Å². The summed E-state index contributed by atoms with van der Waals surface area (Å²) in [5.74, 6) is 1.65. The molecule has 0 N–H and O–H groups in total. The summed E-state index contributed by atoms with van der Waals surface area (Å²) in [6.07, 6.45) is 11.3. The summed E-state index contributed by atoms with van der Waals surface area (Å²) in [4.78, 5) is 0. The average molecular weight is 301 g/mol. The molecule has 0 aromatic heterocycles. The summed E-state index contributed by atoms with van der Waals surface area (Å²) < 4.78 is 11.3. The van der Waals surface area contributed by atoms with Crippen LogP contribution in [0.25, 0.3) is 0 Å². The van der Waals surface area contributed by atoms with E-state index in [1.807, 2.05) is 0 Å². The van der Waals surface area contributed by atoms with Gasteiger partial charge in [0.25, 0.3) is 0 Å². The fourth-order valence-corrected chi connectivity index (χ4v) is 2.32. The van der Waals surface area contributed by atoms with Crippen molar-refractivity contribution in [2.24, 2.45) is 11.8 Å². The minimum absolute atomic E-state index is 0.802. The Morgan fingerprint density at radius 1 is 0.476 bits per heavy atom. The summed E-state index contributed by atoms with van der Waals surface area (Å²) in [5.41, 5.74) is 0. The van der Waals surface area contributed by atoms with Crippen LogP contribution in [0.4, 0.5) is 0 Å². The van der Waals surface area contributed by atoms with Crippen LogP contribution in [0, 0.1) is 11.8 Å². The molecule has 0 aromatic carbocycles. The molecule has 0 aliphatic carbocycles. The highest BCUT2D eigenvalue weighted by Gasteiger charge is 1.96. The van der Waals surface area contributed by atoms with E-state index in [0.29, 0.717) is 0 Å². The molecule has 0 aliphatic rings. The molecule has 0 bridgehead atoms. The van der Waals surface area contributed by atoms with Gasteiger partial charge in [-0.2, -0.15) is 0 Å². The summed E-state index contributed by atoms with van der Waals surface area (Å²) in [7, 11) is 0. The van der Waals surface area contributed by atoms with Crippen molar-refractivity contribution >= 4 is 0 Å². The van der Waals surface area contributed by atoms with Crippen molar-refractivity contribution < 1.29 is 9.47 Å². The normalized spacial score (nSPS) is 11.7. The molecule has 2 heteroatoms. The lowest BCUT2D eigenvalue weighted by atomic mass is 10.1. The van der Waals surface area contributed by atoms with E-state index in [-0.39, 0.29) is 0 Å². The van der Waals surface area contributed by atoms with E-state index in [1.165, 1.54) is 57.8 Å². The number of hydrogen-bond acceptors (Lipinski definition) is 2. The van der Waals surface area contributed by atoms with Crippen LogP contribution in [0.5, 0.6) is 0 Å². The zero-order chi connectivity index (χ0) is 15.8. The average Bonchev–Trinajstić information content (AvgIpc) is 2.42. The highest BCUT2D eigenvalue weighted by atomic mass is 16.5. The number of hydrogen-bond donors (Lipinski definition) is 0. The largest absolute Gasteiger partial charge is 0.381 e. The van der Waals surface area contributed by atoms with Crippen LogP contribution in [0.1, 0.15) is 85.5 Å². The Bertz CT molecular complexity index is 170. The molecule has 2 nitrogen and oxygen atoms in total. The lowest BCUT2D eigenvalue weighted by Crippen LogP contribution is -2.01. The van der Waals surface area contributed by atoms with Gasteiger partial charge in [0, 0.05) is 26.4 Å². The second kappa shape index (κ2) is 16.3. The molecule has 0 radical (unpaired) electrons. The molecule has 0 amide bonds. The summed E-state index contributed by atoms with van der Waals surface area (Å²) >= 11 is 0. The molecule has 0 fully saturated rings. The van der Waals surface area contributed by atoms with Gasteiger partial charge in [-0.3, -0.25) is 0 Å². The van der Waals surface area contributed by atoms with Crippen LogP contribution < -0.4 is 0 Å².